The molecule has 1 aliphatic heterocycles. The SMILES string of the molecule is CC1=Cc2c(c(C)c3ccccc3c2-c2ccccc2)[As]1c1ccccc1. The summed E-state index contributed by atoms with van der Waals surface area (Å²) in [5.74, 6) is 0. The fourth-order valence-electron chi connectivity index (χ4n) is 4.33. The van der Waals surface area contributed by atoms with Crippen LogP contribution >= 0.6 is 0 Å². The van der Waals surface area contributed by atoms with Gasteiger partial charge in [-0.2, -0.15) is 0 Å². The topological polar surface area (TPSA) is 0 Å². The van der Waals surface area contributed by atoms with Gasteiger partial charge in [0.25, 0.3) is 0 Å². The van der Waals surface area contributed by atoms with Crippen molar-refractivity contribution in [1.82, 2.24) is 0 Å². The molecule has 0 amide bonds. The second-order valence-corrected chi connectivity index (χ2v) is 12.0. The molecule has 5 rings (SSSR count). The molecule has 0 aliphatic carbocycles. The first-order chi connectivity index (χ1) is 13.3. The molecule has 0 saturated heterocycles. The number of allylic oxidation sites excluding steroid dienone is 1. The Morgan fingerprint density at radius 1 is 0.630 bits per heavy atom. The van der Waals surface area contributed by atoms with Crippen LogP contribution in [0.25, 0.3) is 28.0 Å². The second kappa shape index (κ2) is 6.55. The van der Waals surface area contributed by atoms with Crippen LogP contribution in [0.15, 0.2) is 89.3 Å². The summed E-state index contributed by atoms with van der Waals surface area (Å²) in [6.07, 6.45) is 2.48. The van der Waals surface area contributed by atoms with E-state index < -0.39 is 14.7 Å². The summed E-state index contributed by atoms with van der Waals surface area (Å²) in [5, 5.41) is 2.77. The molecule has 27 heavy (non-hydrogen) atoms. The Bertz CT molecular complexity index is 1170. The van der Waals surface area contributed by atoms with Gasteiger partial charge < -0.3 is 0 Å². The van der Waals surface area contributed by atoms with Gasteiger partial charge >= 0.3 is 166 Å². The first kappa shape index (κ1) is 16.6. The van der Waals surface area contributed by atoms with Crippen LogP contribution < -0.4 is 8.70 Å². The first-order valence-electron chi connectivity index (χ1n) is 9.40. The summed E-state index contributed by atoms with van der Waals surface area (Å²) < 4.78 is 4.71. The van der Waals surface area contributed by atoms with Crippen molar-refractivity contribution >= 4 is 40.2 Å². The van der Waals surface area contributed by atoms with E-state index in [4.69, 9.17) is 0 Å². The normalized spacial score (nSPS) is 15.6. The van der Waals surface area contributed by atoms with Crippen molar-refractivity contribution in [1.29, 1.82) is 0 Å². The molecule has 4 aromatic carbocycles. The van der Waals surface area contributed by atoms with Gasteiger partial charge in [-0.25, -0.2) is 0 Å². The molecule has 0 radical (unpaired) electrons. The van der Waals surface area contributed by atoms with Crippen molar-refractivity contribution in [2.75, 3.05) is 0 Å². The van der Waals surface area contributed by atoms with Crippen LogP contribution in [-0.2, 0) is 0 Å². The van der Waals surface area contributed by atoms with Crippen molar-refractivity contribution in [3.05, 3.63) is 100 Å². The van der Waals surface area contributed by atoms with E-state index in [1.807, 2.05) is 0 Å². The first-order valence-corrected chi connectivity index (χ1v) is 12.2. The van der Waals surface area contributed by atoms with Crippen LogP contribution in [-0.4, -0.2) is 14.7 Å². The molecule has 0 aromatic heterocycles. The van der Waals surface area contributed by atoms with Crippen molar-refractivity contribution in [3.63, 3.8) is 0 Å². The molecule has 4 aromatic rings. The molecule has 0 fully saturated rings. The number of benzene rings is 4. The van der Waals surface area contributed by atoms with E-state index in [2.05, 4.69) is 105 Å². The molecule has 1 aliphatic rings. The predicted octanol–water partition coefficient (Wildman–Crippen LogP) is 5.38. The Balaban J connectivity index is 1.90. The second-order valence-electron chi connectivity index (χ2n) is 7.13. The quantitative estimate of drug-likeness (QED) is 0.391. The average molecular weight is 408 g/mol. The van der Waals surface area contributed by atoms with Crippen LogP contribution in [0.1, 0.15) is 18.1 Å². The van der Waals surface area contributed by atoms with Gasteiger partial charge in [-0.05, 0) is 0 Å². The number of hydrogen-bond donors (Lipinski definition) is 0. The van der Waals surface area contributed by atoms with Crippen LogP contribution in [0.3, 0.4) is 0 Å². The molecule has 1 heterocycles. The third kappa shape index (κ3) is 2.59. The van der Waals surface area contributed by atoms with E-state index in [-0.39, 0.29) is 0 Å². The standard InChI is InChI=1S/C26H21As/c1-18-17-24-25(20-11-5-3-6-12-20)23-16-10-9-15-22(23)19(2)26(24)27(18)21-13-7-4-8-14-21/h3-17H,1-2H3. The van der Waals surface area contributed by atoms with E-state index in [0.29, 0.717) is 0 Å². The van der Waals surface area contributed by atoms with Gasteiger partial charge in [-0.3, -0.25) is 0 Å². The Hall–Kier alpha value is -2.56. The van der Waals surface area contributed by atoms with Crippen molar-refractivity contribution < 1.29 is 0 Å². The Labute approximate surface area is 165 Å². The monoisotopic (exact) mass is 408 g/mol. The van der Waals surface area contributed by atoms with E-state index >= 15 is 0 Å². The Morgan fingerprint density at radius 3 is 1.93 bits per heavy atom. The van der Waals surface area contributed by atoms with Crippen molar-refractivity contribution in [2.45, 2.75) is 13.8 Å². The third-order valence-corrected chi connectivity index (χ3v) is 11.1. The predicted molar refractivity (Wildman–Crippen MR) is 119 cm³/mol. The molecular formula is C26H21As. The number of aryl methyl sites for hydroxylation is 1. The minimum atomic E-state index is -1.45. The molecule has 0 bridgehead atoms. The van der Waals surface area contributed by atoms with Gasteiger partial charge in [0.05, 0.1) is 0 Å². The van der Waals surface area contributed by atoms with Crippen molar-refractivity contribution in [3.8, 4) is 11.1 Å². The van der Waals surface area contributed by atoms with E-state index in [1.165, 1.54) is 37.4 Å². The maximum atomic E-state index is 2.48. The molecule has 1 heteroatoms. The zero-order chi connectivity index (χ0) is 18.4. The van der Waals surface area contributed by atoms with E-state index in [9.17, 15) is 0 Å². The zero-order valence-electron chi connectivity index (χ0n) is 15.6. The summed E-state index contributed by atoms with van der Waals surface area (Å²) in [7, 11) is 0. The fraction of sp³-hybridized carbons (Fsp3) is 0.0769. The van der Waals surface area contributed by atoms with Crippen LogP contribution in [0.2, 0.25) is 0 Å². The van der Waals surface area contributed by atoms with Gasteiger partial charge in [-0.15, -0.1) is 0 Å². The number of fused-ring (bicyclic) bond motifs is 2. The molecule has 1 atom stereocenters. The molecule has 130 valence electrons. The molecule has 0 nitrogen and oxygen atoms in total. The molecule has 0 N–H and O–H groups in total. The summed E-state index contributed by atoms with van der Waals surface area (Å²) in [6, 6.07) is 30.9. The van der Waals surface area contributed by atoms with Crippen LogP contribution in [0.4, 0.5) is 0 Å². The van der Waals surface area contributed by atoms with Crippen LogP contribution in [0, 0.1) is 6.92 Å². The summed E-state index contributed by atoms with van der Waals surface area (Å²) in [4.78, 5) is 0. The van der Waals surface area contributed by atoms with Crippen LogP contribution in [0.5, 0.6) is 0 Å². The summed E-state index contributed by atoms with van der Waals surface area (Å²) >= 11 is -1.45. The number of rotatable bonds is 2. The molecule has 0 saturated carbocycles. The van der Waals surface area contributed by atoms with Gasteiger partial charge in [-0.1, -0.05) is 0 Å². The zero-order valence-corrected chi connectivity index (χ0v) is 17.5. The summed E-state index contributed by atoms with van der Waals surface area (Å²) in [5.41, 5.74) is 5.65. The molecular weight excluding hydrogens is 387 g/mol. The summed E-state index contributed by atoms with van der Waals surface area (Å²) in [6.45, 7) is 4.67. The average Bonchev–Trinajstić information content (AvgIpc) is 3.06. The van der Waals surface area contributed by atoms with Gasteiger partial charge in [0, 0.05) is 0 Å². The van der Waals surface area contributed by atoms with Crippen molar-refractivity contribution in [2.24, 2.45) is 0 Å². The fourth-order valence-corrected chi connectivity index (χ4v) is 9.82. The number of hydrogen-bond acceptors (Lipinski definition) is 0. The van der Waals surface area contributed by atoms with Gasteiger partial charge in [0.1, 0.15) is 0 Å². The minimum absolute atomic E-state index is 1.32. The molecule has 1 unspecified atom stereocenters. The van der Waals surface area contributed by atoms with E-state index in [0.717, 1.165) is 0 Å². The maximum absolute atomic E-state index is 2.48. The van der Waals surface area contributed by atoms with Gasteiger partial charge in [0.15, 0.2) is 0 Å². The Kier molecular flexibility index (Phi) is 4.03. The third-order valence-electron chi connectivity index (χ3n) is 5.49. The Morgan fingerprint density at radius 2 is 1.22 bits per heavy atom. The van der Waals surface area contributed by atoms with E-state index in [1.54, 1.807) is 8.71 Å². The molecule has 0 spiro atoms. The van der Waals surface area contributed by atoms with Gasteiger partial charge in [0.2, 0.25) is 0 Å².